The van der Waals surface area contributed by atoms with Gasteiger partial charge in [0.05, 0.1) is 6.04 Å². The standard InChI is InChI=1S/C35H41Cl2N5O3S/c1-20(2)29-30(33(45)41-21(3)7-16-28(41)32(44)39-17-18-40(23(5)43)22(4)19-39)46-34-38-35(6,25-10-14-27(37)15-11-25)31(42(29)34)24-8-12-26(36)13-9-24/h8-15,20-22,28,31H,7,16-19H2,1-6H3/t21-,22-,28+,31-,35+/m1/s1. The van der Waals surface area contributed by atoms with E-state index in [9.17, 15) is 14.4 Å². The molecule has 46 heavy (non-hydrogen) atoms. The van der Waals surface area contributed by atoms with Gasteiger partial charge in [-0.15, -0.1) is 0 Å². The third-order valence-corrected chi connectivity index (χ3v) is 11.5. The SMILES string of the molecule is CC(=O)N1CCN(C(=O)[C@@H]2CC[C@@H](C)N2C(=O)C2=C(C(C)C)N3C(=N[C@@](C)(c4ccc(Cl)cc4)[C@H]3c3ccc(Cl)cc3)S2)C[C@H]1C. The number of hydrogen-bond acceptors (Lipinski definition) is 6. The van der Waals surface area contributed by atoms with Gasteiger partial charge < -0.3 is 19.6 Å². The fraction of sp³-hybridized carbons (Fsp3) is 0.486. The molecule has 0 aromatic heterocycles. The quantitative estimate of drug-likeness (QED) is 0.351. The van der Waals surface area contributed by atoms with Gasteiger partial charge in [-0.2, -0.15) is 0 Å². The van der Waals surface area contributed by atoms with Crippen LogP contribution in [-0.4, -0.2) is 80.2 Å². The van der Waals surface area contributed by atoms with E-state index in [0.717, 1.165) is 28.4 Å². The smallest absolute Gasteiger partial charge is 0.263 e. The van der Waals surface area contributed by atoms with E-state index >= 15 is 0 Å². The Morgan fingerprint density at radius 2 is 1.57 bits per heavy atom. The van der Waals surface area contributed by atoms with Gasteiger partial charge in [0, 0.05) is 54.4 Å². The molecule has 0 unspecified atom stereocenters. The number of amides is 3. The molecule has 8 nitrogen and oxygen atoms in total. The van der Waals surface area contributed by atoms with Crippen LogP contribution in [0.1, 0.15) is 71.6 Å². The van der Waals surface area contributed by atoms with Crippen molar-refractivity contribution in [1.82, 2.24) is 19.6 Å². The summed E-state index contributed by atoms with van der Waals surface area (Å²) < 4.78 is 0. The summed E-state index contributed by atoms with van der Waals surface area (Å²) in [5, 5.41) is 2.08. The zero-order valence-corrected chi connectivity index (χ0v) is 29.5. The van der Waals surface area contributed by atoms with E-state index in [1.807, 2.05) is 77.1 Å². The number of rotatable bonds is 5. The minimum atomic E-state index is -0.659. The molecule has 0 aliphatic carbocycles. The van der Waals surface area contributed by atoms with Crippen LogP contribution in [0.3, 0.4) is 0 Å². The molecule has 2 aromatic carbocycles. The second kappa shape index (κ2) is 12.5. The van der Waals surface area contributed by atoms with Crippen LogP contribution in [0.15, 0.2) is 64.1 Å². The Hall–Kier alpha value is -3.01. The monoisotopic (exact) mass is 681 g/mol. The number of carbonyl (C=O) groups is 3. The third-order valence-electron chi connectivity index (χ3n) is 9.90. The lowest BCUT2D eigenvalue weighted by Crippen LogP contribution is -2.58. The normalized spacial score (nSPS) is 27.9. The summed E-state index contributed by atoms with van der Waals surface area (Å²) >= 11 is 14.0. The van der Waals surface area contributed by atoms with E-state index in [-0.39, 0.29) is 41.8 Å². The Kier molecular flexibility index (Phi) is 8.98. The molecule has 4 heterocycles. The number of piperazine rings is 1. The highest BCUT2D eigenvalue weighted by molar-refractivity contribution is 8.18. The zero-order chi connectivity index (χ0) is 33.1. The molecular weight excluding hydrogens is 641 g/mol. The molecule has 2 fully saturated rings. The maximum Gasteiger partial charge on any atom is 0.263 e. The molecule has 11 heteroatoms. The summed E-state index contributed by atoms with van der Waals surface area (Å²) in [7, 11) is 0. The zero-order valence-electron chi connectivity index (χ0n) is 27.2. The minimum Gasteiger partial charge on any atom is -0.337 e. The van der Waals surface area contributed by atoms with Gasteiger partial charge in [-0.25, -0.2) is 4.99 Å². The first-order chi connectivity index (χ1) is 21.8. The van der Waals surface area contributed by atoms with Crippen LogP contribution in [0.2, 0.25) is 10.0 Å². The molecule has 4 aliphatic heterocycles. The fourth-order valence-electron chi connectivity index (χ4n) is 7.59. The summed E-state index contributed by atoms with van der Waals surface area (Å²) in [6.45, 7) is 13.4. The molecule has 3 amide bonds. The van der Waals surface area contributed by atoms with Crippen molar-refractivity contribution in [2.24, 2.45) is 10.9 Å². The maximum atomic E-state index is 14.7. The van der Waals surface area contributed by atoms with Crippen molar-refractivity contribution in [3.05, 3.63) is 80.3 Å². The van der Waals surface area contributed by atoms with Gasteiger partial charge in [0.15, 0.2) is 5.17 Å². The van der Waals surface area contributed by atoms with E-state index in [1.54, 1.807) is 6.92 Å². The first-order valence-electron chi connectivity index (χ1n) is 16.0. The number of aliphatic imine (C=N–C) groups is 1. The molecule has 0 saturated carbocycles. The van der Waals surface area contributed by atoms with Gasteiger partial charge in [0.25, 0.3) is 5.91 Å². The van der Waals surface area contributed by atoms with E-state index in [4.69, 9.17) is 28.2 Å². The Morgan fingerprint density at radius 3 is 2.15 bits per heavy atom. The van der Waals surface area contributed by atoms with Crippen LogP contribution in [0.5, 0.6) is 0 Å². The summed E-state index contributed by atoms with van der Waals surface area (Å²) in [5.41, 5.74) is 2.32. The van der Waals surface area contributed by atoms with Crippen molar-refractivity contribution in [3.8, 4) is 0 Å². The Morgan fingerprint density at radius 1 is 0.935 bits per heavy atom. The summed E-state index contributed by atoms with van der Waals surface area (Å²) in [4.78, 5) is 54.4. The summed E-state index contributed by atoms with van der Waals surface area (Å²) in [6.07, 6.45) is 1.38. The lowest BCUT2D eigenvalue weighted by molar-refractivity contribution is -0.147. The minimum absolute atomic E-state index is 0.00841. The third kappa shape index (κ3) is 5.62. The second-order valence-electron chi connectivity index (χ2n) is 13.3. The fourth-order valence-corrected chi connectivity index (χ4v) is 9.19. The first kappa shape index (κ1) is 32.9. The van der Waals surface area contributed by atoms with Crippen molar-refractivity contribution in [2.75, 3.05) is 19.6 Å². The summed E-state index contributed by atoms with van der Waals surface area (Å²) in [5.74, 6) is -0.124. The highest BCUT2D eigenvalue weighted by Crippen LogP contribution is 2.56. The number of amidine groups is 1. The molecular formula is C35H41Cl2N5O3S. The van der Waals surface area contributed by atoms with Gasteiger partial charge in [-0.05, 0) is 86.7 Å². The predicted molar refractivity (Wildman–Crippen MR) is 184 cm³/mol. The Balaban J connectivity index is 1.36. The van der Waals surface area contributed by atoms with Crippen LogP contribution in [-0.2, 0) is 19.9 Å². The molecule has 6 rings (SSSR count). The Labute approximate surface area is 285 Å². The second-order valence-corrected chi connectivity index (χ2v) is 15.2. The van der Waals surface area contributed by atoms with Crippen molar-refractivity contribution < 1.29 is 14.4 Å². The van der Waals surface area contributed by atoms with Gasteiger partial charge in [-0.1, -0.05) is 61.3 Å². The number of fused-ring (bicyclic) bond motifs is 1. The Bertz CT molecular complexity index is 1610. The number of nitrogens with zero attached hydrogens (tertiary/aromatic N) is 5. The molecule has 0 bridgehead atoms. The number of likely N-dealkylation sites (tertiary alicyclic amines) is 1. The van der Waals surface area contributed by atoms with Gasteiger partial charge >= 0.3 is 0 Å². The first-order valence-corrected chi connectivity index (χ1v) is 17.6. The number of carbonyl (C=O) groups excluding carboxylic acids is 3. The highest BCUT2D eigenvalue weighted by atomic mass is 35.5. The van der Waals surface area contributed by atoms with Crippen molar-refractivity contribution >= 4 is 57.9 Å². The highest BCUT2D eigenvalue weighted by Gasteiger charge is 2.54. The molecule has 0 spiro atoms. The van der Waals surface area contributed by atoms with E-state index in [0.29, 0.717) is 41.0 Å². The number of halogens is 2. The lowest BCUT2D eigenvalue weighted by atomic mass is 9.81. The van der Waals surface area contributed by atoms with Crippen molar-refractivity contribution in [1.29, 1.82) is 0 Å². The number of benzene rings is 2. The molecule has 0 radical (unpaired) electrons. The number of hydrogen-bond donors (Lipinski definition) is 0. The van der Waals surface area contributed by atoms with E-state index in [2.05, 4.69) is 25.7 Å². The average molecular weight is 683 g/mol. The predicted octanol–water partition coefficient (Wildman–Crippen LogP) is 6.69. The number of thioether (sulfide) groups is 1. The van der Waals surface area contributed by atoms with Crippen LogP contribution in [0, 0.1) is 5.92 Å². The topological polar surface area (TPSA) is 76.5 Å². The van der Waals surface area contributed by atoms with Gasteiger partial charge in [-0.3, -0.25) is 14.4 Å². The average Bonchev–Trinajstić information content (AvgIpc) is 3.66. The molecule has 2 aromatic rings. The maximum absolute atomic E-state index is 14.7. The van der Waals surface area contributed by atoms with Crippen LogP contribution in [0.4, 0.5) is 0 Å². The van der Waals surface area contributed by atoms with E-state index in [1.165, 1.54) is 11.8 Å². The van der Waals surface area contributed by atoms with E-state index < -0.39 is 11.6 Å². The van der Waals surface area contributed by atoms with Crippen LogP contribution < -0.4 is 0 Å². The lowest BCUT2D eigenvalue weighted by Gasteiger charge is -2.41. The molecule has 244 valence electrons. The van der Waals surface area contributed by atoms with Gasteiger partial charge in [0.1, 0.15) is 16.5 Å². The van der Waals surface area contributed by atoms with Gasteiger partial charge in [0.2, 0.25) is 11.8 Å². The number of allylic oxidation sites excluding steroid dienone is 1. The molecule has 0 N–H and O–H groups in total. The molecule has 5 atom stereocenters. The van der Waals surface area contributed by atoms with Crippen molar-refractivity contribution in [2.45, 2.75) is 84.1 Å². The largest absolute Gasteiger partial charge is 0.337 e. The molecule has 4 aliphatic rings. The van der Waals surface area contributed by atoms with Crippen LogP contribution in [0.25, 0.3) is 0 Å². The van der Waals surface area contributed by atoms with Crippen LogP contribution >= 0.6 is 35.0 Å². The van der Waals surface area contributed by atoms with Crippen molar-refractivity contribution in [3.63, 3.8) is 0 Å². The molecule has 2 saturated heterocycles. The summed E-state index contributed by atoms with van der Waals surface area (Å²) in [6, 6.07) is 14.8.